The van der Waals surface area contributed by atoms with Gasteiger partial charge in [0.05, 0.1) is 5.69 Å². The molecule has 0 spiro atoms. The summed E-state index contributed by atoms with van der Waals surface area (Å²) in [4.78, 5) is 25.7. The monoisotopic (exact) mass is 349 g/mol. The highest BCUT2D eigenvalue weighted by Gasteiger charge is 2.33. The summed E-state index contributed by atoms with van der Waals surface area (Å²) in [5.41, 5.74) is 0.334. The lowest BCUT2D eigenvalue weighted by Gasteiger charge is -2.17. The number of hydrogen-bond acceptors (Lipinski definition) is 2. The highest BCUT2D eigenvalue weighted by atomic mass is 19.1. The van der Waals surface area contributed by atoms with Crippen LogP contribution in [0.5, 0.6) is 0 Å². The smallest absolute Gasteiger partial charge is 0.319 e. The van der Waals surface area contributed by atoms with E-state index in [0.29, 0.717) is 24.7 Å². The predicted molar refractivity (Wildman–Crippen MR) is 85.7 cm³/mol. The Labute approximate surface area is 141 Å². The second-order valence-electron chi connectivity index (χ2n) is 5.53. The first-order valence-corrected chi connectivity index (χ1v) is 7.53. The van der Waals surface area contributed by atoms with Crippen molar-refractivity contribution in [3.8, 4) is 0 Å². The number of benzene rings is 2. The zero-order valence-corrected chi connectivity index (χ0v) is 12.9. The summed E-state index contributed by atoms with van der Waals surface area (Å²) in [5.74, 6) is -2.43. The van der Waals surface area contributed by atoms with Crippen molar-refractivity contribution in [3.05, 3.63) is 59.9 Å². The molecule has 130 valence electrons. The molecule has 2 aromatic rings. The third-order valence-corrected chi connectivity index (χ3v) is 3.83. The number of carbonyl (C=O) groups excluding carboxylic acids is 2. The largest absolute Gasteiger partial charge is 0.326 e. The Balaban J connectivity index is 1.62. The fourth-order valence-electron chi connectivity index (χ4n) is 2.60. The van der Waals surface area contributed by atoms with Gasteiger partial charge in [-0.25, -0.2) is 18.0 Å². The first-order chi connectivity index (χ1) is 11.9. The van der Waals surface area contributed by atoms with Gasteiger partial charge >= 0.3 is 6.03 Å². The van der Waals surface area contributed by atoms with E-state index in [2.05, 4.69) is 10.6 Å². The van der Waals surface area contributed by atoms with Gasteiger partial charge in [-0.1, -0.05) is 0 Å². The van der Waals surface area contributed by atoms with Crippen LogP contribution in [0.25, 0.3) is 0 Å². The van der Waals surface area contributed by atoms with E-state index in [1.54, 1.807) is 0 Å². The number of rotatable bonds is 3. The number of halogens is 3. The highest BCUT2D eigenvalue weighted by molar-refractivity contribution is 6.02. The Hall–Kier alpha value is -3.03. The minimum atomic E-state index is -0.916. The lowest BCUT2D eigenvalue weighted by Crippen LogP contribution is -2.43. The van der Waals surface area contributed by atoms with Crippen LogP contribution in [0.2, 0.25) is 0 Å². The minimum Gasteiger partial charge on any atom is -0.326 e. The molecule has 8 heteroatoms. The molecule has 0 unspecified atom stereocenters. The van der Waals surface area contributed by atoms with Crippen molar-refractivity contribution in [1.29, 1.82) is 0 Å². The SMILES string of the molecule is O=C(Nc1ccc(F)cc1F)N[C@@H]1CCN(c2ccc(F)cc2)C1=O. The van der Waals surface area contributed by atoms with Crippen LogP contribution >= 0.6 is 0 Å². The Morgan fingerprint density at radius 2 is 1.72 bits per heavy atom. The maximum absolute atomic E-state index is 13.5. The quantitative estimate of drug-likeness (QED) is 0.895. The van der Waals surface area contributed by atoms with Gasteiger partial charge in [0.2, 0.25) is 5.91 Å². The van der Waals surface area contributed by atoms with Gasteiger partial charge in [0.15, 0.2) is 0 Å². The molecule has 1 fully saturated rings. The number of carbonyl (C=O) groups is 2. The fourth-order valence-corrected chi connectivity index (χ4v) is 2.60. The van der Waals surface area contributed by atoms with Crippen molar-refractivity contribution >= 4 is 23.3 Å². The molecule has 5 nitrogen and oxygen atoms in total. The van der Waals surface area contributed by atoms with Crippen LogP contribution in [0.15, 0.2) is 42.5 Å². The maximum atomic E-state index is 13.5. The van der Waals surface area contributed by atoms with Crippen LogP contribution < -0.4 is 15.5 Å². The summed E-state index contributed by atoms with van der Waals surface area (Å²) < 4.78 is 39.3. The van der Waals surface area contributed by atoms with Crippen LogP contribution in [-0.4, -0.2) is 24.5 Å². The second-order valence-corrected chi connectivity index (χ2v) is 5.53. The average molecular weight is 349 g/mol. The molecule has 2 N–H and O–H groups in total. The van der Waals surface area contributed by atoms with Crippen LogP contribution in [-0.2, 0) is 4.79 Å². The van der Waals surface area contributed by atoms with Crippen LogP contribution in [0.3, 0.4) is 0 Å². The van der Waals surface area contributed by atoms with E-state index in [4.69, 9.17) is 0 Å². The van der Waals surface area contributed by atoms with E-state index in [-0.39, 0.29) is 11.6 Å². The van der Waals surface area contributed by atoms with E-state index in [9.17, 15) is 22.8 Å². The first-order valence-electron chi connectivity index (χ1n) is 7.53. The van der Waals surface area contributed by atoms with Crippen molar-refractivity contribution in [2.24, 2.45) is 0 Å². The first kappa shape index (κ1) is 16.8. The lowest BCUT2D eigenvalue weighted by molar-refractivity contribution is -0.118. The highest BCUT2D eigenvalue weighted by Crippen LogP contribution is 2.22. The number of nitrogens with one attached hydrogen (secondary N) is 2. The van der Waals surface area contributed by atoms with E-state index in [1.165, 1.54) is 29.2 Å². The van der Waals surface area contributed by atoms with Crippen molar-refractivity contribution in [2.45, 2.75) is 12.5 Å². The summed E-state index contributed by atoms with van der Waals surface area (Å²) >= 11 is 0. The Morgan fingerprint density at radius 1 is 1.04 bits per heavy atom. The summed E-state index contributed by atoms with van der Waals surface area (Å²) in [6, 6.07) is 6.63. The summed E-state index contributed by atoms with van der Waals surface area (Å²) in [6.45, 7) is 0.361. The van der Waals surface area contributed by atoms with Gasteiger partial charge in [-0.15, -0.1) is 0 Å². The Morgan fingerprint density at radius 3 is 2.40 bits per heavy atom. The molecule has 0 aromatic heterocycles. The van der Waals surface area contributed by atoms with Crippen LogP contribution in [0.4, 0.5) is 29.3 Å². The van der Waals surface area contributed by atoms with Gasteiger partial charge in [-0.2, -0.15) is 0 Å². The van der Waals surface area contributed by atoms with Crippen LogP contribution in [0.1, 0.15) is 6.42 Å². The second kappa shape index (κ2) is 6.84. The zero-order chi connectivity index (χ0) is 18.0. The van der Waals surface area contributed by atoms with Crippen molar-refractivity contribution in [2.75, 3.05) is 16.8 Å². The molecular weight excluding hydrogens is 335 g/mol. The third-order valence-electron chi connectivity index (χ3n) is 3.83. The molecule has 1 heterocycles. The maximum Gasteiger partial charge on any atom is 0.319 e. The normalized spacial score (nSPS) is 16.8. The molecular formula is C17H14F3N3O2. The number of nitrogens with zero attached hydrogens (tertiary/aromatic N) is 1. The molecule has 3 amide bonds. The molecule has 0 bridgehead atoms. The molecule has 0 aliphatic carbocycles. The van der Waals surface area contributed by atoms with Gasteiger partial charge in [-0.05, 0) is 42.8 Å². The summed E-state index contributed by atoms with van der Waals surface area (Å²) in [6.07, 6.45) is 0.357. The fraction of sp³-hybridized carbons (Fsp3) is 0.176. The predicted octanol–water partition coefficient (Wildman–Crippen LogP) is 3.03. The summed E-state index contributed by atoms with van der Waals surface area (Å²) in [7, 11) is 0. The van der Waals surface area contributed by atoms with Gasteiger partial charge in [0, 0.05) is 18.3 Å². The number of hydrogen-bond donors (Lipinski definition) is 2. The molecule has 2 aromatic carbocycles. The average Bonchev–Trinajstić information content (AvgIpc) is 2.92. The molecule has 1 saturated heterocycles. The number of urea groups is 1. The van der Waals surface area contributed by atoms with Crippen molar-refractivity contribution in [1.82, 2.24) is 5.32 Å². The van der Waals surface area contributed by atoms with Gasteiger partial charge in [0.1, 0.15) is 23.5 Å². The molecule has 1 atom stereocenters. The van der Waals surface area contributed by atoms with Gasteiger partial charge in [0.25, 0.3) is 0 Å². The van der Waals surface area contributed by atoms with Gasteiger partial charge < -0.3 is 15.5 Å². The van der Waals surface area contributed by atoms with Crippen LogP contribution in [0, 0.1) is 17.5 Å². The van der Waals surface area contributed by atoms with Crippen molar-refractivity contribution < 1.29 is 22.8 Å². The molecule has 25 heavy (non-hydrogen) atoms. The van der Waals surface area contributed by atoms with E-state index in [1.807, 2.05) is 0 Å². The number of amides is 3. The summed E-state index contributed by atoms with van der Waals surface area (Å²) in [5, 5.41) is 4.69. The third kappa shape index (κ3) is 3.73. The molecule has 1 aliphatic rings. The topological polar surface area (TPSA) is 61.4 Å². The molecule has 0 saturated carbocycles. The van der Waals surface area contributed by atoms with E-state index >= 15 is 0 Å². The molecule has 3 rings (SSSR count). The minimum absolute atomic E-state index is 0.195. The standard InChI is InChI=1S/C17H14F3N3O2/c18-10-1-4-12(5-2-10)23-8-7-15(16(23)24)22-17(25)21-14-6-3-11(19)9-13(14)20/h1-6,9,15H,7-8H2,(H2,21,22,25)/t15-/m1/s1. The van der Waals surface area contributed by atoms with E-state index in [0.717, 1.165) is 12.1 Å². The zero-order valence-electron chi connectivity index (χ0n) is 12.9. The Kier molecular flexibility index (Phi) is 4.60. The molecule has 0 radical (unpaired) electrons. The van der Waals surface area contributed by atoms with E-state index < -0.39 is 29.5 Å². The van der Waals surface area contributed by atoms with Crippen molar-refractivity contribution in [3.63, 3.8) is 0 Å². The lowest BCUT2D eigenvalue weighted by atomic mass is 10.2. The molecule has 1 aliphatic heterocycles. The Bertz CT molecular complexity index is 811. The number of anilines is 2. The van der Waals surface area contributed by atoms with Gasteiger partial charge in [-0.3, -0.25) is 4.79 Å².